The second kappa shape index (κ2) is 5.83. The molecule has 0 unspecified atom stereocenters. The summed E-state index contributed by atoms with van der Waals surface area (Å²) in [7, 11) is 0. The summed E-state index contributed by atoms with van der Waals surface area (Å²) in [4.78, 5) is 29.3. The van der Waals surface area contributed by atoms with Crippen molar-refractivity contribution in [2.45, 2.75) is 45.4 Å². The molecule has 1 aromatic heterocycles. The Hall–Kier alpha value is -1.92. The van der Waals surface area contributed by atoms with E-state index in [2.05, 4.69) is 15.2 Å². The van der Waals surface area contributed by atoms with Crippen molar-refractivity contribution in [2.75, 3.05) is 13.1 Å². The van der Waals surface area contributed by atoms with Gasteiger partial charge in [-0.25, -0.2) is 4.98 Å². The van der Waals surface area contributed by atoms with Crippen molar-refractivity contribution >= 4 is 11.8 Å². The number of hydrogen-bond donors (Lipinski definition) is 2. The van der Waals surface area contributed by atoms with E-state index >= 15 is 0 Å². The Morgan fingerprint density at radius 2 is 1.95 bits per heavy atom. The van der Waals surface area contributed by atoms with Crippen molar-refractivity contribution in [3.63, 3.8) is 0 Å². The van der Waals surface area contributed by atoms with Gasteiger partial charge in [0.2, 0.25) is 11.7 Å². The highest BCUT2D eigenvalue weighted by atomic mass is 16.2. The normalized spacial score (nSPS) is 17.0. The maximum absolute atomic E-state index is 12.4. The highest BCUT2D eigenvalue weighted by Crippen LogP contribution is 2.22. The number of aromatic amines is 1. The first kappa shape index (κ1) is 15.5. The molecule has 2 rings (SSSR count). The molecule has 3 N–H and O–H groups in total. The second-order valence-corrected chi connectivity index (χ2v) is 6.66. The van der Waals surface area contributed by atoms with Gasteiger partial charge in [0.1, 0.15) is 5.82 Å². The predicted octanol–water partition coefficient (Wildman–Crippen LogP) is 0.830. The maximum Gasteiger partial charge on any atom is 0.293 e. The zero-order valence-corrected chi connectivity index (χ0v) is 12.8. The van der Waals surface area contributed by atoms with Crippen LogP contribution in [0.25, 0.3) is 0 Å². The first-order valence-corrected chi connectivity index (χ1v) is 7.28. The standard InChI is InChI=1S/C14H23N5O2/c1-14(2,3)13-16-11(17-18-13)12(21)19-6-4-9(5-7-19)8-10(15)20/h9H,4-8H2,1-3H3,(H2,15,20)(H,16,17,18). The van der Waals surface area contributed by atoms with E-state index < -0.39 is 0 Å². The van der Waals surface area contributed by atoms with Crippen LogP contribution in [0.4, 0.5) is 0 Å². The molecular formula is C14H23N5O2. The molecule has 0 aliphatic carbocycles. The number of primary amides is 1. The minimum Gasteiger partial charge on any atom is -0.370 e. The van der Waals surface area contributed by atoms with E-state index in [0.717, 1.165) is 12.8 Å². The van der Waals surface area contributed by atoms with E-state index in [1.165, 1.54) is 0 Å². The lowest BCUT2D eigenvalue weighted by molar-refractivity contribution is -0.119. The lowest BCUT2D eigenvalue weighted by Gasteiger charge is -2.30. The van der Waals surface area contributed by atoms with E-state index in [1.54, 1.807) is 4.90 Å². The van der Waals surface area contributed by atoms with Gasteiger partial charge in [-0.3, -0.25) is 14.7 Å². The monoisotopic (exact) mass is 293 g/mol. The Bertz CT molecular complexity index is 524. The number of hydrogen-bond acceptors (Lipinski definition) is 4. The molecule has 1 aromatic rings. The smallest absolute Gasteiger partial charge is 0.293 e. The van der Waals surface area contributed by atoms with Crippen LogP contribution >= 0.6 is 0 Å². The Balaban J connectivity index is 1.96. The molecule has 7 nitrogen and oxygen atoms in total. The first-order chi connectivity index (χ1) is 9.77. The summed E-state index contributed by atoms with van der Waals surface area (Å²) in [6.45, 7) is 7.28. The number of nitrogens with one attached hydrogen (secondary N) is 1. The minimum absolute atomic E-state index is 0.153. The number of carbonyl (C=O) groups is 2. The Kier molecular flexibility index (Phi) is 4.29. The molecule has 1 fully saturated rings. The molecule has 1 saturated heterocycles. The Morgan fingerprint density at radius 1 is 1.33 bits per heavy atom. The summed E-state index contributed by atoms with van der Waals surface area (Å²) in [5.41, 5.74) is 5.04. The molecule has 116 valence electrons. The van der Waals surface area contributed by atoms with Crippen molar-refractivity contribution in [2.24, 2.45) is 11.7 Å². The number of piperidine rings is 1. The highest BCUT2D eigenvalue weighted by molar-refractivity contribution is 5.90. The van der Waals surface area contributed by atoms with Crippen LogP contribution in [-0.4, -0.2) is 45.0 Å². The van der Waals surface area contributed by atoms with Crippen molar-refractivity contribution in [3.05, 3.63) is 11.6 Å². The largest absolute Gasteiger partial charge is 0.370 e. The number of amides is 2. The molecule has 1 aliphatic heterocycles. The van der Waals surface area contributed by atoms with Gasteiger partial charge in [-0.15, -0.1) is 5.10 Å². The number of likely N-dealkylation sites (tertiary alicyclic amines) is 1. The second-order valence-electron chi connectivity index (χ2n) is 6.66. The van der Waals surface area contributed by atoms with Crippen LogP contribution in [0.15, 0.2) is 0 Å². The van der Waals surface area contributed by atoms with Gasteiger partial charge in [0.05, 0.1) is 0 Å². The van der Waals surface area contributed by atoms with Crippen LogP contribution in [0.3, 0.4) is 0 Å². The van der Waals surface area contributed by atoms with Crippen LogP contribution in [-0.2, 0) is 10.2 Å². The van der Waals surface area contributed by atoms with Crippen molar-refractivity contribution in [1.29, 1.82) is 0 Å². The molecule has 2 heterocycles. The highest BCUT2D eigenvalue weighted by Gasteiger charge is 2.28. The summed E-state index contributed by atoms with van der Waals surface area (Å²) < 4.78 is 0. The van der Waals surface area contributed by atoms with Gasteiger partial charge in [-0.2, -0.15) is 0 Å². The Labute approximate surface area is 124 Å². The minimum atomic E-state index is -0.274. The summed E-state index contributed by atoms with van der Waals surface area (Å²) >= 11 is 0. The molecule has 0 spiro atoms. The van der Waals surface area contributed by atoms with Gasteiger partial charge in [-0.1, -0.05) is 20.8 Å². The van der Waals surface area contributed by atoms with Gasteiger partial charge >= 0.3 is 0 Å². The lowest BCUT2D eigenvalue weighted by atomic mass is 9.93. The number of H-pyrrole nitrogens is 1. The van der Waals surface area contributed by atoms with Crippen LogP contribution in [0, 0.1) is 5.92 Å². The average Bonchev–Trinajstić information content (AvgIpc) is 2.87. The number of nitrogens with zero attached hydrogens (tertiary/aromatic N) is 3. The fourth-order valence-corrected chi connectivity index (χ4v) is 2.46. The van der Waals surface area contributed by atoms with Gasteiger partial charge < -0.3 is 10.6 Å². The third-order valence-electron chi connectivity index (χ3n) is 3.78. The van der Waals surface area contributed by atoms with Gasteiger partial charge in [0.25, 0.3) is 5.91 Å². The average molecular weight is 293 g/mol. The molecule has 0 aromatic carbocycles. The quantitative estimate of drug-likeness (QED) is 0.861. The SMILES string of the molecule is CC(C)(C)c1nc(C(=O)N2CCC(CC(N)=O)CC2)n[nH]1. The third kappa shape index (κ3) is 3.80. The predicted molar refractivity (Wildman–Crippen MR) is 77.5 cm³/mol. The van der Waals surface area contributed by atoms with Gasteiger partial charge in [0.15, 0.2) is 0 Å². The molecule has 7 heteroatoms. The fourth-order valence-electron chi connectivity index (χ4n) is 2.46. The molecule has 2 amide bonds. The Morgan fingerprint density at radius 3 is 2.43 bits per heavy atom. The fraction of sp³-hybridized carbons (Fsp3) is 0.714. The van der Waals surface area contributed by atoms with Crippen molar-refractivity contribution < 1.29 is 9.59 Å². The third-order valence-corrected chi connectivity index (χ3v) is 3.78. The topological polar surface area (TPSA) is 105 Å². The number of aromatic nitrogens is 3. The number of nitrogens with two attached hydrogens (primary N) is 1. The molecule has 1 aliphatic rings. The van der Waals surface area contributed by atoms with E-state index in [-0.39, 0.29) is 29.0 Å². The number of rotatable bonds is 3. The van der Waals surface area contributed by atoms with Crippen molar-refractivity contribution in [3.8, 4) is 0 Å². The lowest BCUT2D eigenvalue weighted by Crippen LogP contribution is -2.39. The summed E-state index contributed by atoms with van der Waals surface area (Å²) in [5.74, 6) is 0.773. The summed E-state index contributed by atoms with van der Waals surface area (Å²) in [5, 5.41) is 6.85. The van der Waals surface area contributed by atoms with E-state index in [0.29, 0.717) is 25.3 Å². The molecule has 0 saturated carbocycles. The zero-order valence-electron chi connectivity index (χ0n) is 12.8. The molecular weight excluding hydrogens is 270 g/mol. The van der Waals surface area contributed by atoms with E-state index in [4.69, 9.17) is 5.73 Å². The van der Waals surface area contributed by atoms with Crippen LogP contribution < -0.4 is 5.73 Å². The van der Waals surface area contributed by atoms with E-state index in [1.807, 2.05) is 20.8 Å². The summed E-state index contributed by atoms with van der Waals surface area (Å²) in [6.07, 6.45) is 1.99. The molecule has 21 heavy (non-hydrogen) atoms. The summed E-state index contributed by atoms with van der Waals surface area (Å²) in [6, 6.07) is 0. The molecule has 0 radical (unpaired) electrons. The van der Waals surface area contributed by atoms with Gasteiger partial charge in [0, 0.05) is 24.9 Å². The first-order valence-electron chi connectivity index (χ1n) is 7.28. The van der Waals surface area contributed by atoms with Gasteiger partial charge in [-0.05, 0) is 18.8 Å². The maximum atomic E-state index is 12.4. The van der Waals surface area contributed by atoms with Crippen LogP contribution in [0.2, 0.25) is 0 Å². The zero-order chi connectivity index (χ0) is 15.6. The van der Waals surface area contributed by atoms with Crippen LogP contribution in [0.5, 0.6) is 0 Å². The molecule has 0 bridgehead atoms. The van der Waals surface area contributed by atoms with E-state index in [9.17, 15) is 9.59 Å². The molecule has 0 atom stereocenters. The number of carbonyl (C=O) groups excluding carboxylic acids is 2. The van der Waals surface area contributed by atoms with Crippen molar-refractivity contribution in [1.82, 2.24) is 20.1 Å². The van der Waals surface area contributed by atoms with Crippen LogP contribution in [0.1, 0.15) is 56.5 Å².